The molecule has 1 aromatic carbocycles. The molecule has 0 bridgehead atoms. The minimum absolute atomic E-state index is 0.0117. The van der Waals surface area contributed by atoms with Gasteiger partial charge in [-0.25, -0.2) is 13.1 Å². The van der Waals surface area contributed by atoms with Crippen molar-refractivity contribution in [2.45, 2.75) is 37.9 Å². The Labute approximate surface area is 124 Å². The number of aromatic nitrogens is 2. The maximum atomic E-state index is 12.4. The molecule has 0 spiro atoms. The maximum absolute atomic E-state index is 12.4. The van der Waals surface area contributed by atoms with Crippen molar-refractivity contribution in [1.29, 1.82) is 0 Å². The first-order chi connectivity index (χ1) is 9.94. The molecule has 0 amide bonds. The van der Waals surface area contributed by atoms with E-state index in [-0.39, 0.29) is 17.6 Å². The predicted molar refractivity (Wildman–Crippen MR) is 81.1 cm³/mol. The third kappa shape index (κ3) is 3.69. The third-order valence-corrected chi connectivity index (χ3v) is 4.80. The first kappa shape index (κ1) is 15.7. The molecule has 0 radical (unpaired) electrons. The van der Waals surface area contributed by atoms with Crippen molar-refractivity contribution in [3.05, 3.63) is 47.2 Å². The molecule has 1 unspecified atom stereocenters. The number of sulfonamides is 1. The third-order valence-electron chi connectivity index (χ3n) is 3.24. The van der Waals surface area contributed by atoms with Gasteiger partial charge in [-0.05, 0) is 25.8 Å². The topological polar surface area (TPSA) is 101 Å². The average molecular weight is 308 g/mol. The van der Waals surface area contributed by atoms with E-state index in [9.17, 15) is 8.42 Å². The minimum atomic E-state index is -3.67. The Kier molecular flexibility index (Phi) is 4.76. The second-order valence-corrected chi connectivity index (χ2v) is 6.68. The molecule has 0 aliphatic carbocycles. The van der Waals surface area contributed by atoms with Crippen LogP contribution in [0, 0.1) is 6.92 Å². The summed E-state index contributed by atoms with van der Waals surface area (Å²) in [5, 5.41) is 6.52. The van der Waals surface area contributed by atoms with Gasteiger partial charge >= 0.3 is 0 Å². The Morgan fingerprint density at radius 1 is 1.33 bits per heavy atom. The van der Waals surface area contributed by atoms with E-state index < -0.39 is 10.0 Å². The lowest BCUT2D eigenvalue weighted by atomic mass is 10.1. The van der Waals surface area contributed by atoms with Gasteiger partial charge in [-0.2, -0.15) is 5.10 Å². The smallest absolute Gasteiger partial charge is 0.260 e. The Morgan fingerprint density at radius 2 is 2.00 bits per heavy atom. The van der Waals surface area contributed by atoms with E-state index in [1.54, 1.807) is 6.92 Å². The molecule has 0 saturated heterocycles. The van der Waals surface area contributed by atoms with E-state index in [0.29, 0.717) is 17.7 Å². The summed E-state index contributed by atoms with van der Waals surface area (Å²) in [4.78, 5) is 0. The van der Waals surface area contributed by atoms with Gasteiger partial charge in [0, 0.05) is 23.8 Å². The number of aryl methyl sites for hydroxylation is 1. The Morgan fingerprint density at radius 3 is 2.62 bits per heavy atom. The average Bonchev–Trinajstić information content (AvgIpc) is 2.81. The minimum Gasteiger partial charge on any atom is -0.326 e. The largest absolute Gasteiger partial charge is 0.326 e. The number of nitrogens with two attached hydrogens (primary N) is 1. The lowest BCUT2D eigenvalue weighted by Crippen LogP contribution is -2.35. The molecule has 4 N–H and O–H groups in total. The highest BCUT2D eigenvalue weighted by molar-refractivity contribution is 7.89. The van der Waals surface area contributed by atoms with Crippen LogP contribution >= 0.6 is 0 Å². The molecular formula is C14H20N4O2S. The predicted octanol–water partition coefficient (Wildman–Crippen LogP) is 1.09. The van der Waals surface area contributed by atoms with Crippen LogP contribution in [-0.4, -0.2) is 24.7 Å². The molecule has 1 atom stereocenters. The van der Waals surface area contributed by atoms with Gasteiger partial charge in [0.1, 0.15) is 0 Å². The second kappa shape index (κ2) is 6.38. The SMILES string of the molecule is Cc1[nH]nc(S(=O)(=O)NC(C)Cc2ccccc2)c1CN. The van der Waals surface area contributed by atoms with E-state index in [4.69, 9.17) is 5.73 Å². The molecule has 1 heterocycles. The van der Waals surface area contributed by atoms with E-state index in [1.807, 2.05) is 37.3 Å². The lowest BCUT2D eigenvalue weighted by Gasteiger charge is -2.13. The summed E-state index contributed by atoms with van der Waals surface area (Å²) in [6.45, 7) is 3.71. The molecule has 6 nitrogen and oxygen atoms in total. The van der Waals surface area contributed by atoms with Crippen LogP contribution in [0.15, 0.2) is 35.4 Å². The zero-order valence-corrected chi connectivity index (χ0v) is 12.9. The van der Waals surface area contributed by atoms with Gasteiger partial charge in [-0.1, -0.05) is 30.3 Å². The van der Waals surface area contributed by atoms with Crippen LogP contribution < -0.4 is 10.5 Å². The Balaban J connectivity index is 2.13. The summed E-state index contributed by atoms with van der Waals surface area (Å²) in [7, 11) is -3.67. The standard InChI is InChI=1S/C14H20N4O2S/c1-10(8-12-6-4-3-5-7-12)18-21(19,20)14-13(9-15)11(2)16-17-14/h3-7,10,18H,8-9,15H2,1-2H3,(H,16,17). The number of hydrogen-bond acceptors (Lipinski definition) is 4. The molecule has 2 rings (SSSR count). The van der Waals surface area contributed by atoms with Gasteiger partial charge in [0.05, 0.1) is 0 Å². The molecule has 0 saturated carbocycles. The van der Waals surface area contributed by atoms with Crippen LogP contribution in [0.4, 0.5) is 0 Å². The number of nitrogens with zero attached hydrogens (tertiary/aromatic N) is 1. The van der Waals surface area contributed by atoms with Crippen molar-refractivity contribution in [2.75, 3.05) is 0 Å². The first-order valence-electron chi connectivity index (χ1n) is 6.74. The Bertz CT molecular complexity index is 695. The summed E-state index contributed by atoms with van der Waals surface area (Å²) in [6, 6.07) is 9.49. The van der Waals surface area contributed by atoms with E-state index in [2.05, 4.69) is 14.9 Å². The fraction of sp³-hybridized carbons (Fsp3) is 0.357. The summed E-state index contributed by atoms with van der Waals surface area (Å²) in [6.07, 6.45) is 0.613. The number of nitrogens with one attached hydrogen (secondary N) is 2. The van der Waals surface area contributed by atoms with Crippen LogP contribution in [0.1, 0.15) is 23.7 Å². The van der Waals surface area contributed by atoms with Gasteiger partial charge in [-0.15, -0.1) is 0 Å². The second-order valence-electron chi connectivity index (χ2n) is 5.05. The first-order valence-corrected chi connectivity index (χ1v) is 8.22. The molecule has 1 aromatic heterocycles. The van der Waals surface area contributed by atoms with Crippen molar-refractivity contribution in [2.24, 2.45) is 5.73 Å². The van der Waals surface area contributed by atoms with Gasteiger partial charge in [-0.3, -0.25) is 5.10 Å². The van der Waals surface area contributed by atoms with Crippen LogP contribution in [0.25, 0.3) is 0 Å². The molecule has 7 heteroatoms. The molecular weight excluding hydrogens is 288 g/mol. The highest BCUT2D eigenvalue weighted by Gasteiger charge is 2.24. The number of rotatable bonds is 6. The van der Waals surface area contributed by atoms with Crippen LogP contribution in [-0.2, 0) is 23.0 Å². The summed E-state index contributed by atoms with van der Waals surface area (Å²) in [5.74, 6) is 0. The highest BCUT2D eigenvalue weighted by atomic mass is 32.2. The van der Waals surface area contributed by atoms with Crippen LogP contribution in [0.5, 0.6) is 0 Å². The van der Waals surface area contributed by atoms with Gasteiger partial charge in [0.2, 0.25) is 0 Å². The zero-order chi connectivity index (χ0) is 15.5. The van der Waals surface area contributed by atoms with E-state index in [1.165, 1.54) is 0 Å². The maximum Gasteiger partial charge on any atom is 0.260 e. The zero-order valence-electron chi connectivity index (χ0n) is 12.1. The fourth-order valence-electron chi connectivity index (χ4n) is 2.22. The summed E-state index contributed by atoms with van der Waals surface area (Å²) in [5.41, 5.74) is 7.87. The molecule has 0 aliphatic heterocycles. The van der Waals surface area contributed by atoms with Gasteiger partial charge in [0.15, 0.2) is 5.03 Å². The van der Waals surface area contributed by atoms with Crippen LogP contribution in [0.3, 0.4) is 0 Å². The van der Waals surface area contributed by atoms with Gasteiger partial charge in [0.25, 0.3) is 10.0 Å². The summed E-state index contributed by atoms with van der Waals surface area (Å²) >= 11 is 0. The quantitative estimate of drug-likeness (QED) is 0.743. The van der Waals surface area contributed by atoms with E-state index >= 15 is 0 Å². The van der Waals surface area contributed by atoms with E-state index in [0.717, 1.165) is 5.56 Å². The Hall–Kier alpha value is -1.70. The molecule has 21 heavy (non-hydrogen) atoms. The number of H-pyrrole nitrogens is 1. The van der Waals surface area contributed by atoms with Crippen LogP contribution in [0.2, 0.25) is 0 Å². The van der Waals surface area contributed by atoms with Crippen molar-refractivity contribution in [3.8, 4) is 0 Å². The van der Waals surface area contributed by atoms with Gasteiger partial charge < -0.3 is 5.73 Å². The number of hydrogen-bond donors (Lipinski definition) is 3. The fourth-order valence-corrected chi connectivity index (χ4v) is 3.67. The molecule has 114 valence electrons. The molecule has 2 aromatic rings. The summed E-state index contributed by atoms with van der Waals surface area (Å²) < 4.78 is 27.4. The lowest BCUT2D eigenvalue weighted by molar-refractivity contribution is 0.554. The molecule has 0 fully saturated rings. The van der Waals surface area contributed by atoms with Crippen molar-refractivity contribution in [1.82, 2.24) is 14.9 Å². The monoisotopic (exact) mass is 308 g/mol. The van der Waals surface area contributed by atoms with Crippen molar-refractivity contribution < 1.29 is 8.42 Å². The highest BCUT2D eigenvalue weighted by Crippen LogP contribution is 2.16. The van der Waals surface area contributed by atoms with Crippen molar-refractivity contribution >= 4 is 10.0 Å². The normalized spacial score (nSPS) is 13.3. The van der Waals surface area contributed by atoms with Crippen molar-refractivity contribution in [3.63, 3.8) is 0 Å². The number of benzene rings is 1. The molecule has 0 aliphatic rings. The number of aromatic amines is 1.